The molecule has 0 saturated heterocycles. The van der Waals surface area contributed by atoms with Crippen molar-refractivity contribution in [2.24, 2.45) is 0 Å². The number of benzene rings is 2. The van der Waals surface area contributed by atoms with Gasteiger partial charge in [-0.25, -0.2) is 4.79 Å². The number of amides is 2. The summed E-state index contributed by atoms with van der Waals surface area (Å²) in [5, 5.41) is 0. The maximum Gasteiger partial charge on any atom is 0.419 e. The molecule has 0 unspecified atom stereocenters. The Morgan fingerprint density at radius 2 is 1.63 bits per heavy atom. The number of oxazole rings is 1. The first-order chi connectivity index (χ1) is 14.6. The fraction of sp³-hybridized carbons (Fsp3) is 0.286. The Kier molecular flexibility index (Phi) is 7.09. The lowest BCUT2D eigenvalue weighted by Crippen LogP contribution is -2.43. The molecule has 1 aromatic heterocycles. The summed E-state index contributed by atoms with van der Waals surface area (Å²) in [7, 11) is 0. The minimum atomic E-state index is -0.508. The highest BCUT2D eigenvalue weighted by Gasteiger charge is 2.11. The lowest BCUT2D eigenvalue weighted by molar-refractivity contribution is -0.130. The van der Waals surface area contributed by atoms with Crippen molar-refractivity contribution < 1.29 is 23.5 Å². The highest BCUT2D eigenvalue weighted by molar-refractivity contribution is 5.82. The molecule has 9 heteroatoms. The number of carbonyl (C=O) groups is 2. The summed E-state index contributed by atoms with van der Waals surface area (Å²) in [6, 6.07) is 14.1. The Bertz CT molecular complexity index is 1070. The van der Waals surface area contributed by atoms with Crippen LogP contribution >= 0.6 is 0 Å². The molecule has 0 atom stereocenters. The van der Waals surface area contributed by atoms with Gasteiger partial charge in [0.2, 0.25) is 5.91 Å². The van der Waals surface area contributed by atoms with Gasteiger partial charge in [0.15, 0.2) is 23.7 Å². The van der Waals surface area contributed by atoms with Crippen LogP contribution in [0.15, 0.2) is 57.7 Å². The van der Waals surface area contributed by atoms with Crippen molar-refractivity contribution in [1.29, 1.82) is 0 Å². The van der Waals surface area contributed by atoms with Gasteiger partial charge in [-0.2, -0.15) is 0 Å². The van der Waals surface area contributed by atoms with E-state index < -0.39 is 11.7 Å². The normalized spacial score (nSPS) is 10.6. The van der Waals surface area contributed by atoms with Crippen LogP contribution in [0.2, 0.25) is 0 Å². The van der Waals surface area contributed by atoms with Crippen molar-refractivity contribution in [2.45, 2.75) is 26.3 Å². The molecule has 2 amide bonds. The van der Waals surface area contributed by atoms with Crippen LogP contribution in [0.1, 0.15) is 19.8 Å². The van der Waals surface area contributed by atoms with Gasteiger partial charge in [-0.3, -0.25) is 25.0 Å². The monoisotopic (exact) mass is 413 g/mol. The average Bonchev–Trinajstić information content (AvgIpc) is 3.07. The number of fused-ring (bicyclic) bond motifs is 1. The van der Waals surface area contributed by atoms with E-state index in [1.165, 1.54) is 4.57 Å². The number of nitrogens with one attached hydrogen (secondary N) is 2. The van der Waals surface area contributed by atoms with Crippen molar-refractivity contribution in [1.82, 2.24) is 15.4 Å². The molecule has 3 aromatic rings. The molecule has 0 fully saturated rings. The third kappa shape index (κ3) is 5.40. The van der Waals surface area contributed by atoms with E-state index in [1.54, 1.807) is 42.5 Å². The van der Waals surface area contributed by atoms with Gasteiger partial charge in [0.25, 0.3) is 5.91 Å². The first kappa shape index (κ1) is 21.0. The minimum absolute atomic E-state index is 0.125. The number of rotatable bonds is 9. The van der Waals surface area contributed by atoms with Crippen molar-refractivity contribution >= 4 is 22.9 Å². The molecular weight excluding hydrogens is 390 g/mol. The second-order valence-electron chi connectivity index (χ2n) is 6.36. The van der Waals surface area contributed by atoms with Crippen molar-refractivity contribution in [2.75, 3.05) is 13.2 Å². The molecule has 0 aliphatic rings. The Morgan fingerprint density at radius 3 is 2.40 bits per heavy atom. The van der Waals surface area contributed by atoms with Crippen molar-refractivity contribution in [3.05, 3.63) is 59.1 Å². The highest BCUT2D eigenvalue weighted by Crippen LogP contribution is 2.26. The van der Waals surface area contributed by atoms with Crippen LogP contribution in [0.4, 0.5) is 0 Å². The molecule has 30 heavy (non-hydrogen) atoms. The van der Waals surface area contributed by atoms with Gasteiger partial charge in [0, 0.05) is 13.0 Å². The Balaban J connectivity index is 1.40. The number of hydrogen-bond acceptors (Lipinski definition) is 6. The van der Waals surface area contributed by atoms with E-state index in [2.05, 4.69) is 10.9 Å². The number of ether oxygens (including phenoxy) is 2. The van der Waals surface area contributed by atoms with E-state index in [0.29, 0.717) is 42.2 Å². The van der Waals surface area contributed by atoms with Crippen molar-refractivity contribution in [3.8, 4) is 11.5 Å². The summed E-state index contributed by atoms with van der Waals surface area (Å²) in [4.78, 5) is 35.7. The zero-order valence-electron chi connectivity index (χ0n) is 16.6. The van der Waals surface area contributed by atoms with E-state index >= 15 is 0 Å². The maximum atomic E-state index is 11.9. The lowest BCUT2D eigenvalue weighted by Gasteiger charge is -2.12. The molecule has 2 N–H and O–H groups in total. The molecule has 158 valence electrons. The van der Waals surface area contributed by atoms with Crippen LogP contribution < -0.4 is 26.1 Å². The largest absolute Gasteiger partial charge is 0.490 e. The molecule has 2 aromatic carbocycles. The van der Waals surface area contributed by atoms with Gasteiger partial charge in [0.1, 0.15) is 0 Å². The van der Waals surface area contributed by atoms with Gasteiger partial charge >= 0.3 is 5.76 Å². The number of para-hydroxylation sites is 4. The zero-order valence-corrected chi connectivity index (χ0v) is 16.6. The predicted molar refractivity (Wildman–Crippen MR) is 109 cm³/mol. The van der Waals surface area contributed by atoms with Crippen LogP contribution in [0, 0.1) is 0 Å². The Hall–Kier alpha value is -3.75. The summed E-state index contributed by atoms with van der Waals surface area (Å²) in [5.41, 5.74) is 5.81. The average molecular weight is 413 g/mol. The summed E-state index contributed by atoms with van der Waals surface area (Å²) < 4.78 is 17.5. The van der Waals surface area contributed by atoms with E-state index in [-0.39, 0.29) is 18.9 Å². The topological polar surface area (TPSA) is 112 Å². The fourth-order valence-electron chi connectivity index (χ4n) is 2.85. The second kappa shape index (κ2) is 10.1. The van der Waals surface area contributed by atoms with E-state index in [4.69, 9.17) is 13.9 Å². The number of aromatic nitrogens is 1. The van der Waals surface area contributed by atoms with Gasteiger partial charge in [-0.1, -0.05) is 24.3 Å². The Morgan fingerprint density at radius 1 is 0.967 bits per heavy atom. The first-order valence-corrected chi connectivity index (χ1v) is 9.59. The number of hydrazine groups is 1. The molecule has 0 spiro atoms. The van der Waals surface area contributed by atoms with Crippen LogP contribution in [0.3, 0.4) is 0 Å². The van der Waals surface area contributed by atoms with E-state index in [1.807, 2.05) is 13.0 Å². The second-order valence-corrected chi connectivity index (χ2v) is 6.36. The molecule has 0 radical (unpaired) electrons. The fourth-order valence-corrected chi connectivity index (χ4v) is 2.85. The molecule has 1 heterocycles. The molecule has 9 nitrogen and oxygen atoms in total. The maximum absolute atomic E-state index is 11.9. The summed E-state index contributed by atoms with van der Waals surface area (Å²) in [5.74, 6) is -0.363. The first-order valence-electron chi connectivity index (χ1n) is 9.59. The number of aryl methyl sites for hydroxylation is 1. The summed E-state index contributed by atoms with van der Waals surface area (Å²) in [6.45, 7) is 2.38. The molecular formula is C21H23N3O6. The summed E-state index contributed by atoms with van der Waals surface area (Å²) in [6.07, 6.45) is 0.531. The standard InChI is InChI=1S/C21H23N3O6/c1-2-28-17-10-5-6-11-18(17)29-14-20(26)23-22-19(25)12-7-13-24-15-8-3-4-9-16(15)30-21(24)27/h3-6,8-11H,2,7,12-14H2,1H3,(H,22,25)(H,23,26). The van der Waals surface area contributed by atoms with Crippen LogP contribution in [0.5, 0.6) is 11.5 Å². The van der Waals surface area contributed by atoms with E-state index in [0.717, 1.165) is 0 Å². The van der Waals surface area contributed by atoms with E-state index in [9.17, 15) is 14.4 Å². The molecule has 0 saturated carbocycles. The SMILES string of the molecule is CCOc1ccccc1OCC(=O)NNC(=O)CCCn1c(=O)oc2ccccc21. The Labute approximate surface area is 172 Å². The van der Waals surface area contributed by atoms with Crippen LogP contribution in [-0.2, 0) is 16.1 Å². The zero-order chi connectivity index (χ0) is 21.3. The smallest absolute Gasteiger partial charge is 0.419 e. The molecule has 0 bridgehead atoms. The van der Waals surface area contributed by atoms with Gasteiger partial charge in [-0.15, -0.1) is 0 Å². The van der Waals surface area contributed by atoms with Crippen molar-refractivity contribution in [3.63, 3.8) is 0 Å². The minimum Gasteiger partial charge on any atom is -0.490 e. The third-order valence-corrected chi connectivity index (χ3v) is 4.21. The lowest BCUT2D eigenvalue weighted by atomic mass is 10.3. The van der Waals surface area contributed by atoms with Gasteiger partial charge < -0.3 is 13.9 Å². The third-order valence-electron chi connectivity index (χ3n) is 4.21. The van der Waals surface area contributed by atoms with Crippen LogP contribution in [0.25, 0.3) is 11.1 Å². The number of hydrogen-bond donors (Lipinski definition) is 2. The number of carbonyl (C=O) groups excluding carboxylic acids is 2. The number of nitrogens with zero attached hydrogens (tertiary/aromatic N) is 1. The summed E-state index contributed by atoms with van der Waals surface area (Å²) >= 11 is 0. The predicted octanol–water partition coefficient (Wildman–Crippen LogP) is 2.00. The molecule has 0 aliphatic heterocycles. The molecule has 0 aliphatic carbocycles. The molecule has 3 rings (SSSR count). The van der Waals surface area contributed by atoms with Gasteiger partial charge in [0.05, 0.1) is 12.1 Å². The highest BCUT2D eigenvalue weighted by atomic mass is 16.5. The quantitative estimate of drug-likeness (QED) is 0.519. The van der Waals surface area contributed by atoms with Gasteiger partial charge in [-0.05, 0) is 37.6 Å². The van der Waals surface area contributed by atoms with Crippen LogP contribution in [-0.4, -0.2) is 29.6 Å².